The Morgan fingerprint density at radius 1 is 1.26 bits per heavy atom. The summed E-state index contributed by atoms with van der Waals surface area (Å²) in [5, 5.41) is 37.8. The van der Waals surface area contributed by atoms with E-state index in [0.717, 1.165) is 22.9 Å². The van der Waals surface area contributed by atoms with Crippen molar-refractivity contribution < 1.29 is 19.6 Å². The largest absolute Gasteiger partial charge is 0.494 e. The smallest absolute Gasteiger partial charge is 0.303 e. The van der Waals surface area contributed by atoms with E-state index in [4.69, 9.17) is 9.84 Å². The van der Waals surface area contributed by atoms with Crippen molar-refractivity contribution in [3.05, 3.63) is 57.6 Å². The highest BCUT2D eigenvalue weighted by molar-refractivity contribution is 5.85. The van der Waals surface area contributed by atoms with E-state index in [1.165, 1.54) is 19.2 Å². The van der Waals surface area contributed by atoms with Crippen LogP contribution in [-0.2, 0) is 4.79 Å². The fraction of sp³-hybridized carbons (Fsp3) is 0.333. The highest BCUT2D eigenvalue weighted by Gasteiger charge is 2.32. The first-order valence-electron chi connectivity index (χ1n) is 10.6. The average molecular weight is 463 g/mol. The second-order valence-corrected chi connectivity index (χ2v) is 8.44. The number of anilines is 1. The lowest BCUT2D eigenvalue weighted by Crippen LogP contribution is -2.45. The Morgan fingerprint density at radius 3 is 2.59 bits per heavy atom. The SMILES string of the molecule is COc1cc2c(cc1N=Nc1ccc([N+](=O)[O-])cc1C#N)C(C)=CC(C)(C)N2CCCC(=O)O. The van der Waals surface area contributed by atoms with Crippen LogP contribution in [0.5, 0.6) is 5.75 Å². The minimum Gasteiger partial charge on any atom is -0.494 e. The highest BCUT2D eigenvalue weighted by atomic mass is 16.6. The van der Waals surface area contributed by atoms with Gasteiger partial charge in [0.05, 0.1) is 23.1 Å². The van der Waals surface area contributed by atoms with Crippen molar-refractivity contribution in [2.24, 2.45) is 10.2 Å². The molecular weight excluding hydrogens is 438 g/mol. The predicted octanol–water partition coefficient (Wildman–Crippen LogP) is 5.76. The van der Waals surface area contributed by atoms with E-state index in [9.17, 15) is 20.2 Å². The van der Waals surface area contributed by atoms with Gasteiger partial charge in [0.2, 0.25) is 0 Å². The molecule has 176 valence electrons. The number of non-ortho nitro benzene ring substituents is 1. The molecule has 0 bridgehead atoms. The quantitative estimate of drug-likeness (QED) is 0.298. The van der Waals surface area contributed by atoms with Crippen LogP contribution in [0.1, 0.15) is 44.7 Å². The number of rotatable bonds is 8. The van der Waals surface area contributed by atoms with E-state index in [1.807, 2.05) is 25.1 Å². The molecule has 0 unspecified atom stereocenters. The molecule has 0 amide bonds. The number of allylic oxidation sites excluding steroid dienone is 1. The third-order valence-corrected chi connectivity index (χ3v) is 5.63. The van der Waals surface area contributed by atoms with Crippen molar-refractivity contribution in [3.63, 3.8) is 0 Å². The molecule has 10 nitrogen and oxygen atoms in total. The van der Waals surface area contributed by atoms with Crippen molar-refractivity contribution in [2.75, 3.05) is 18.6 Å². The topological polar surface area (TPSA) is 141 Å². The number of nitro groups is 1. The molecule has 34 heavy (non-hydrogen) atoms. The van der Waals surface area contributed by atoms with E-state index in [-0.39, 0.29) is 28.9 Å². The van der Waals surface area contributed by atoms with Gasteiger partial charge in [-0.05, 0) is 44.9 Å². The molecule has 1 aliphatic rings. The number of hydrogen-bond donors (Lipinski definition) is 1. The Kier molecular flexibility index (Phi) is 6.96. The summed E-state index contributed by atoms with van der Waals surface area (Å²) in [5.74, 6) is -0.380. The molecule has 0 aromatic heterocycles. The molecule has 2 aromatic carbocycles. The van der Waals surface area contributed by atoms with Gasteiger partial charge in [0.15, 0.2) is 0 Å². The zero-order chi connectivity index (χ0) is 25.0. The number of carbonyl (C=O) groups is 1. The molecule has 3 rings (SSSR count). The number of fused-ring (bicyclic) bond motifs is 1. The van der Waals surface area contributed by atoms with Crippen LogP contribution in [0.2, 0.25) is 0 Å². The number of carboxylic acid groups (broad SMARTS) is 1. The molecule has 10 heteroatoms. The number of nitriles is 1. The molecule has 0 spiro atoms. The minimum atomic E-state index is -0.835. The Hall–Kier alpha value is -4.26. The third-order valence-electron chi connectivity index (χ3n) is 5.63. The van der Waals surface area contributed by atoms with Crippen LogP contribution in [0.15, 0.2) is 46.6 Å². The second-order valence-electron chi connectivity index (χ2n) is 8.44. The lowest BCUT2D eigenvalue weighted by molar-refractivity contribution is -0.384. The van der Waals surface area contributed by atoms with E-state index in [1.54, 1.807) is 0 Å². The number of methoxy groups -OCH3 is 1. The van der Waals surface area contributed by atoms with Crippen molar-refractivity contribution in [1.29, 1.82) is 5.26 Å². The van der Waals surface area contributed by atoms with Crippen LogP contribution in [0.4, 0.5) is 22.7 Å². The molecule has 0 saturated heterocycles. The zero-order valence-electron chi connectivity index (χ0n) is 19.4. The van der Waals surface area contributed by atoms with Gasteiger partial charge < -0.3 is 14.7 Å². The minimum absolute atomic E-state index is 0.0392. The van der Waals surface area contributed by atoms with Crippen LogP contribution >= 0.6 is 0 Å². The molecule has 0 atom stereocenters. The summed E-state index contributed by atoms with van der Waals surface area (Å²) in [6.07, 6.45) is 2.68. The normalized spacial score (nSPS) is 14.3. The molecule has 0 saturated carbocycles. The lowest BCUT2D eigenvalue weighted by Gasteiger charge is -2.43. The first-order valence-corrected chi connectivity index (χ1v) is 10.6. The number of hydrogen-bond acceptors (Lipinski definition) is 8. The number of nitro benzene ring substituents is 1. The summed E-state index contributed by atoms with van der Waals surface area (Å²) in [6, 6.07) is 9.39. The molecule has 1 heterocycles. The maximum Gasteiger partial charge on any atom is 0.303 e. The number of ether oxygens (including phenoxy) is 1. The van der Waals surface area contributed by atoms with Crippen molar-refractivity contribution in [3.8, 4) is 11.8 Å². The van der Waals surface area contributed by atoms with Crippen LogP contribution in [0.25, 0.3) is 5.57 Å². The summed E-state index contributed by atoms with van der Waals surface area (Å²) in [5.41, 5.74) is 2.99. The Labute approximate surface area is 196 Å². The summed E-state index contributed by atoms with van der Waals surface area (Å²) in [7, 11) is 1.51. The fourth-order valence-electron chi connectivity index (χ4n) is 4.05. The van der Waals surface area contributed by atoms with Crippen LogP contribution in [0, 0.1) is 21.4 Å². The molecule has 0 fully saturated rings. The Balaban J connectivity index is 2.02. The molecule has 1 N–H and O–H groups in total. The fourth-order valence-corrected chi connectivity index (χ4v) is 4.05. The van der Waals surface area contributed by atoms with Crippen molar-refractivity contribution >= 4 is 34.3 Å². The molecular formula is C24H25N5O5. The number of azo groups is 1. The van der Waals surface area contributed by atoms with Gasteiger partial charge >= 0.3 is 5.97 Å². The second kappa shape index (κ2) is 9.70. The maximum atomic E-state index is 11.0. The van der Waals surface area contributed by atoms with Gasteiger partial charge in [-0.3, -0.25) is 14.9 Å². The van der Waals surface area contributed by atoms with Gasteiger partial charge in [-0.1, -0.05) is 6.08 Å². The van der Waals surface area contributed by atoms with E-state index >= 15 is 0 Å². The van der Waals surface area contributed by atoms with Gasteiger partial charge in [-0.25, -0.2) is 0 Å². The molecule has 0 aliphatic carbocycles. The van der Waals surface area contributed by atoms with E-state index in [2.05, 4.69) is 35.1 Å². The Morgan fingerprint density at radius 2 is 1.97 bits per heavy atom. The highest BCUT2D eigenvalue weighted by Crippen LogP contribution is 2.45. The van der Waals surface area contributed by atoms with Crippen LogP contribution < -0.4 is 9.64 Å². The van der Waals surface area contributed by atoms with E-state index in [0.29, 0.717) is 24.4 Å². The average Bonchev–Trinajstić information content (AvgIpc) is 2.78. The monoisotopic (exact) mass is 463 g/mol. The number of aliphatic carboxylic acids is 1. The Bertz CT molecular complexity index is 1240. The van der Waals surface area contributed by atoms with Gasteiger partial charge in [-0.15, -0.1) is 10.2 Å². The van der Waals surface area contributed by atoms with Gasteiger partial charge in [0.1, 0.15) is 23.2 Å². The maximum absolute atomic E-state index is 11.0. The first kappa shape index (κ1) is 24.4. The van der Waals surface area contributed by atoms with Gasteiger partial charge in [0, 0.05) is 42.4 Å². The summed E-state index contributed by atoms with van der Waals surface area (Å²) in [4.78, 5) is 23.5. The summed E-state index contributed by atoms with van der Waals surface area (Å²) in [6.45, 7) is 6.68. The molecule has 1 aliphatic heterocycles. The standard InChI is InChI=1S/C24H25N5O5/c1-15-13-24(2,3)28(9-5-6-23(30)31)21-12-22(34-4)20(11-18(15)21)27-26-19-8-7-17(29(32)33)10-16(19)14-25/h7-8,10-13H,5-6,9H2,1-4H3,(H,30,31). The van der Waals surface area contributed by atoms with Crippen molar-refractivity contribution in [1.82, 2.24) is 0 Å². The van der Waals surface area contributed by atoms with E-state index < -0.39 is 10.9 Å². The zero-order valence-corrected chi connectivity index (χ0v) is 19.4. The number of carboxylic acids is 1. The lowest BCUT2D eigenvalue weighted by atomic mass is 9.88. The summed E-state index contributed by atoms with van der Waals surface area (Å²) < 4.78 is 5.55. The molecule has 2 aromatic rings. The number of nitrogens with zero attached hydrogens (tertiary/aromatic N) is 5. The van der Waals surface area contributed by atoms with Crippen LogP contribution in [-0.4, -0.2) is 35.2 Å². The predicted molar refractivity (Wildman–Crippen MR) is 127 cm³/mol. The van der Waals surface area contributed by atoms with Crippen LogP contribution in [0.3, 0.4) is 0 Å². The summed E-state index contributed by atoms with van der Waals surface area (Å²) >= 11 is 0. The molecule has 0 radical (unpaired) electrons. The van der Waals surface area contributed by atoms with Gasteiger partial charge in [0.25, 0.3) is 5.69 Å². The van der Waals surface area contributed by atoms with Crippen molar-refractivity contribution in [2.45, 2.75) is 39.2 Å². The third kappa shape index (κ3) is 5.04. The van der Waals surface area contributed by atoms with Gasteiger partial charge in [-0.2, -0.15) is 5.26 Å². The first-order chi connectivity index (χ1) is 16.1. The number of benzene rings is 2.